The number of hydrogen-bond acceptors (Lipinski definition) is 2. The van der Waals surface area contributed by atoms with Crippen LogP contribution in [0.1, 0.15) is 44.5 Å². The maximum atomic E-state index is 13.4. The molecule has 0 fully saturated rings. The average Bonchev–Trinajstić information content (AvgIpc) is 3.23. The second-order valence-electron chi connectivity index (χ2n) is 8.96. The molecule has 0 aromatic heterocycles. The molecule has 0 bridgehead atoms. The fraction of sp³-hybridized carbons (Fsp3) is 0.143. The van der Waals surface area contributed by atoms with Gasteiger partial charge in [-0.05, 0) is 74.3 Å². The van der Waals surface area contributed by atoms with Gasteiger partial charge in [0.05, 0.1) is 22.5 Å². The van der Waals surface area contributed by atoms with Gasteiger partial charge in [0.2, 0.25) is 0 Å². The van der Waals surface area contributed by atoms with Crippen molar-refractivity contribution < 1.29 is 9.59 Å². The minimum Gasteiger partial charge on any atom is -0.283 e. The highest BCUT2D eigenvalue weighted by molar-refractivity contribution is 6.20. The Labute approximate surface area is 187 Å². The van der Waals surface area contributed by atoms with Crippen molar-refractivity contribution in [2.24, 2.45) is 0 Å². The fourth-order valence-electron chi connectivity index (χ4n) is 5.35. The number of hydrogen-bond donors (Lipinski definition) is 0. The molecule has 4 aliphatic heterocycles. The van der Waals surface area contributed by atoms with E-state index in [2.05, 4.69) is 52.0 Å². The molecule has 0 aliphatic carbocycles. The van der Waals surface area contributed by atoms with Gasteiger partial charge in [-0.1, -0.05) is 35.4 Å². The van der Waals surface area contributed by atoms with Crippen LogP contribution in [0.4, 0.5) is 0 Å². The van der Waals surface area contributed by atoms with Gasteiger partial charge in [0.25, 0.3) is 11.8 Å². The molecule has 4 heterocycles. The molecule has 156 valence electrons. The summed E-state index contributed by atoms with van der Waals surface area (Å²) < 4.78 is 0. The summed E-state index contributed by atoms with van der Waals surface area (Å²) in [6.07, 6.45) is 11.3. The molecule has 0 spiro atoms. The zero-order valence-corrected chi connectivity index (χ0v) is 18.5. The van der Waals surface area contributed by atoms with E-state index in [1.807, 2.05) is 36.7 Å². The summed E-state index contributed by atoms with van der Waals surface area (Å²) in [7, 11) is 0. The van der Waals surface area contributed by atoms with Gasteiger partial charge in [-0.15, -0.1) is 0 Å². The van der Waals surface area contributed by atoms with E-state index in [1.54, 1.807) is 9.80 Å². The van der Waals surface area contributed by atoms with Crippen LogP contribution in [-0.2, 0) is 9.59 Å². The van der Waals surface area contributed by atoms with Crippen LogP contribution in [0.25, 0.3) is 23.5 Å². The Kier molecular flexibility index (Phi) is 3.70. The fourth-order valence-corrected chi connectivity index (χ4v) is 5.35. The molecule has 0 atom stereocenters. The summed E-state index contributed by atoms with van der Waals surface area (Å²) in [6, 6.07) is 8.51. The smallest absolute Gasteiger partial charge is 0.263 e. The van der Waals surface area contributed by atoms with Crippen molar-refractivity contribution in [3.63, 3.8) is 0 Å². The number of aryl methyl sites for hydroxylation is 4. The molecule has 0 saturated carbocycles. The van der Waals surface area contributed by atoms with Crippen LogP contribution in [0.5, 0.6) is 0 Å². The minimum atomic E-state index is -0.160. The summed E-state index contributed by atoms with van der Waals surface area (Å²) in [4.78, 5) is 30.1. The first kappa shape index (κ1) is 18.8. The van der Waals surface area contributed by atoms with Crippen molar-refractivity contribution in [3.8, 4) is 0 Å². The number of benzene rings is 2. The lowest BCUT2D eigenvalue weighted by Gasteiger charge is -2.24. The third-order valence-corrected chi connectivity index (χ3v) is 6.61. The number of carbonyl (C=O) groups excluding carboxylic acids is 2. The summed E-state index contributed by atoms with van der Waals surface area (Å²) in [5.74, 6) is -0.321. The van der Waals surface area contributed by atoms with Crippen molar-refractivity contribution in [1.82, 2.24) is 9.80 Å². The Morgan fingerprint density at radius 3 is 1.41 bits per heavy atom. The second-order valence-corrected chi connectivity index (χ2v) is 8.96. The molecular weight excluding hydrogens is 396 g/mol. The van der Waals surface area contributed by atoms with Crippen LogP contribution < -0.4 is 0 Å². The molecule has 0 saturated heterocycles. The largest absolute Gasteiger partial charge is 0.283 e. The van der Waals surface area contributed by atoms with Gasteiger partial charge in [0, 0.05) is 23.5 Å². The standard InChI is InChI=1S/C28H22N2O2/c1-15-9-17(3)25-19(11-15)5-7-29-23(25)13-21(27(29)31)22-14-24-26-18(4)10-16(2)12-20(26)6-8-30(24)28(22)32/h5-14H,1-4H3. The summed E-state index contributed by atoms with van der Waals surface area (Å²) in [6.45, 7) is 8.27. The first-order chi connectivity index (χ1) is 15.3. The lowest BCUT2D eigenvalue weighted by Crippen LogP contribution is -2.25. The number of fused-ring (bicyclic) bond motifs is 6. The summed E-state index contributed by atoms with van der Waals surface area (Å²) in [5, 5.41) is 0. The van der Waals surface area contributed by atoms with Crippen LogP contribution in [0.2, 0.25) is 0 Å². The van der Waals surface area contributed by atoms with Crippen LogP contribution in [0.3, 0.4) is 0 Å². The Morgan fingerprint density at radius 1 is 0.594 bits per heavy atom. The van der Waals surface area contributed by atoms with E-state index < -0.39 is 0 Å². The highest BCUT2D eigenvalue weighted by atomic mass is 16.2. The van der Waals surface area contributed by atoms with Gasteiger partial charge < -0.3 is 0 Å². The molecule has 0 radical (unpaired) electrons. The highest BCUT2D eigenvalue weighted by Gasteiger charge is 2.39. The van der Waals surface area contributed by atoms with Gasteiger partial charge in [-0.3, -0.25) is 19.4 Å². The summed E-state index contributed by atoms with van der Waals surface area (Å²) >= 11 is 0. The molecular formula is C28H22N2O2. The second kappa shape index (κ2) is 6.30. The first-order valence-electron chi connectivity index (χ1n) is 10.8. The normalized spacial score (nSPS) is 20.2. The van der Waals surface area contributed by atoms with Crippen LogP contribution >= 0.6 is 0 Å². The molecule has 0 unspecified atom stereocenters. The minimum absolute atomic E-state index is 0.160. The van der Waals surface area contributed by atoms with E-state index in [0.717, 1.165) is 44.8 Å². The molecule has 32 heavy (non-hydrogen) atoms. The first-order valence-corrected chi connectivity index (χ1v) is 10.8. The van der Waals surface area contributed by atoms with E-state index in [9.17, 15) is 9.59 Å². The van der Waals surface area contributed by atoms with Gasteiger partial charge in [0.1, 0.15) is 0 Å². The van der Waals surface area contributed by atoms with Crippen LogP contribution in [0.15, 0.2) is 60.0 Å². The lowest BCUT2D eigenvalue weighted by atomic mass is 9.94. The Bertz CT molecular complexity index is 1340. The van der Waals surface area contributed by atoms with E-state index >= 15 is 0 Å². The third kappa shape index (κ3) is 2.43. The number of rotatable bonds is 0. The average molecular weight is 418 g/mol. The Morgan fingerprint density at radius 2 is 1.00 bits per heavy atom. The van der Waals surface area contributed by atoms with Crippen LogP contribution in [-0.4, -0.2) is 21.6 Å². The van der Waals surface area contributed by atoms with Gasteiger partial charge in [0.15, 0.2) is 0 Å². The summed E-state index contributed by atoms with van der Waals surface area (Å²) in [5.41, 5.74) is 11.5. The molecule has 2 aromatic carbocycles. The maximum Gasteiger partial charge on any atom is 0.263 e. The quantitative estimate of drug-likeness (QED) is 0.548. The molecule has 0 N–H and O–H groups in total. The van der Waals surface area contributed by atoms with Crippen molar-refractivity contribution >= 4 is 35.4 Å². The molecule has 4 aliphatic rings. The number of nitrogens with zero attached hydrogens (tertiary/aromatic N) is 2. The van der Waals surface area contributed by atoms with Crippen molar-refractivity contribution in [2.45, 2.75) is 27.7 Å². The molecule has 2 aromatic rings. The lowest BCUT2D eigenvalue weighted by molar-refractivity contribution is -0.123. The predicted octanol–water partition coefficient (Wildman–Crippen LogP) is 5.25. The topological polar surface area (TPSA) is 40.6 Å². The van der Waals surface area contributed by atoms with Crippen molar-refractivity contribution in [2.75, 3.05) is 0 Å². The maximum absolute atomic E-state index is 13.4. The highest BCUT2D eigenvalue weighted by Crippen LogP contribution is 2.43. The Hall–Kier alpha value is -3.92. The van der Waals surface area contributed by atoms with Gasteiger partial charge >= 0.3 is 0 Å². The van der Waals surface area contributed by atoms with E-state index in [1.165, 1.54) is 11.1 Å². The molecule has 4 nitrogen and oxygen atoms in total. The number of amides is 2. The molecule has 2 amide bonds. The van der Waals surface area contributed by atoms with Gasteiger partial charge in [-0.25, -0.2) is 0 Å². The Balaban J connectivity index is 1.54. The zero-order valence-electron chi connectivity index (χ0n) is 18.5. The molecule has 4 heteroatoms. The van der Waals surface area contributed by atoms with Crippen molar-refractivity contribution in [3.05, 3.63) is 104 Å². The zero-order chi connectivity index (χ0) is 22.3. The van der Waals surface area contributed by atoms with Crippen molar-refractivity contribution in [1.29, 1.82) is 0 Å². The van der Waals surface area contributed by atoms with E-state index in [4.69, 9.17) is 0 Å². The van der Waals surface area contributed by atoms with E-state index in [-0.39, 0.29) is 11.8 Å². The van der Waals surface area contributed by atoms with E-state index in [0.29, 0.717) is 11.1 Å². The molecule has 6 rings (SSSR count). The van der Waals surface area contributed by atoms with Crippen LogP contribution in [0, 0.1) is 27.7 Å². The number of carbonyl (C=O) groups is 2. The SMILES string of the molecule is Cc1cc(C)c2c(c1)C=CN1C(=O)C(=C3C=C4c5c(C)cc(C)cc5C=CN4C3=O)C=C21. The van der Waals surface area contributed by atoms with Gasteiger partial charge in [-0.2, -0.15) is 0 Å². The predicted molar refractivity (Wildman–Crippen MR) is 127 cm³/mol. The monoisotopic (exact) mass is 418 g/mol. The third-order valence-electron chi connectivity index (χ3n) is 6.61.